The molecule has 0 radical (unpaired) electrons. The first kappa shape index (κ1) is 20.7. The number of carbonyl (C=O) groups is 3. The van der Waals surface area contributed by atoms with Crippen molar-refractivity contribution in [3.05, 3.63) is 29.8 Å². The number of ether oxygens (including phenoxy) is 1. The van der Waals surface area contributed by atoms with Gasteiger partial charge in [-0.05, 0) is 68.1 Å². The zero-order valence-electron chi connectivity index (χ0n) is 17.9. The Bertz CT molecular complexity index is 839. The maximum absolute atomic E-state index is 13.2. The standard InChI is InChI=1S/C23H31N3O4/c1-4-23(17-7-9-18(30-3)10-8-17)21(28)26(22(29)25-23)13-20(27)24-14(2)19-12-15-5-6-16(19)11-15/h7-10,14-16,19H,4-6,11-13H2,1-3H3,(H,24,27)(H,25,29)/t14-,15+,16+,19-,23-/m1/s1. The summed E-state index contributed by atoms with van der Waals surface area (Å²) < 4.78 is 5.18. The van der Waals surface area contributed by atoms with Gasteiger partial charge in [-0.2, -0.15) is 0 Å². The number of rotatable bonds is 7. The molecule has 4 amide bonds. The van der Waals surface area contributed by atoms with E-state index in [9.17, 15) is 14.4 Å². The number of nitrogens with one attached hydrogen (secondary N) is 2. The van der Waals surface area contributed by atoms with Crippen LogP contribution in [0.4, 0.5) is 4.79 Å². The van der Waals surface area contributed by atoms with Gasteiger partial charge in [0.25, 0.3) is 5.91 Å². The molecule has 2 aliphatic carbocycles. The highest BCUT2D eigenvalue weighted by molar-refractivity contribution is 6.09. The first-order valence-electron chi connectivity index (χ1n) is 11.0. The van der Waals surface area contributed by atoms with Crippen LogP contribution in [0.25, 0.3) is 0 Å². The number of benzene rings is 1. The van der Waals surface area contributed by atoms with Gasteiger partial charge in [0, 0.05) is 6.04 Å². The molecule has 4 rings (SSSR count). The van der Waals surface area contributed by atoms with E-state index in [0.29, 0.717) is 29.6 Å². The van der Waals surface area contributed by atoms with Gasteiger partial charge in [-0.15, -0.1) is 0 Å². The largest absolute Gasteiger partial charge is 0.497 e. The lowest BCUT2D eigenvalue weighted by atomic mass is 9.84. The van der Waals surface area contributed by atoms with Gasteiger partial charge in [0.05, 0.1) is 7.11 Å². The van der Waals surface area contributed by atoms with E-state index in [1.54, 1.807) is 31.4 Å². The lowest BCUT2D eigenvalue weighted by molar-refractivity contribution is -0.135. The van der Waals surface area contributed by atoms with Crippen LogP contribution in [0.2, 0.25) is 0 Å². The van der Waals surface area contributed by atoms with E-state index in [0.717, 1.165) is 10.8 Å². The number of hydrogen-bond donors (Lipinski definition) is 2. The number of hydrogen-bond acceptors (Lipinski definition) is 4. The third kappa shape index (κ3) is 3.44. The summed E-state index contributed by atoms with van der Waals surface area (Å²) in [6.45, 7) is 3.64. The van der Waals surface area contributed by atoms with Crippen LogP contribution in [-0.4, -0.2) is 42.4 Å². The lowest BCUT2D eigenvalue weighted by Gasteiger charge is -2.29. The third-order valence-electron chi connectivity index (χ3n) is 7.41. The Morgan fingerprint density at radius 1 is 1.27 bits per heavy atom. The van der Waals surface area contributed by atoms with E-state index in [-0.39, 0.29) is 24.4 Å². The van der Waals surface area contributed by atoms with E-state index < -0.39 is 11.6 Å². The fourth-order valence-electron chi connectivity index (χ4n) is 5.74. The molecule has 5 atom stereocenters. The minimum Gasteiger partial charge on any atom is -0.497 e. The zero-order valence-corrected chi connectivity index (χ0v) is 17.9. The maximum Gasteiger partial charge on any atom is 0.325 e. The van der Waals surface area contributed by atoms with Gasteiger partial charge < -0.3 is 15.4 Å². The Hall–Kier alpha value is -2.57. The molecule has 3 aliphatic rings. The second-order valence-corrected chi connectivity index (χ2v) is 9.00. The predicted octanol–water partition coefficient (Wildman–Crippen LogP) is 2.79. The smallest absolute Gasteiger partial charge is 0.325 e. The van der Waals surface area contributed by atoms with Crippen LogP contribution in [0.3, 0.4) is 0 Å². The summed E-state index contributed by atoms with van der Waals surface area (Å²) in [5.41, 5.74) is -0.470. The average molecular weight is 414 g/mol. The van der Waals surface area contributed by atoms with Crippen molar-refractivity contribution < 1.29 is 19.1 Å². The first-order valence-corrected chi connectivity index (χ1v) is 11.0. The van der Waals surface area contributed by atoms with Crippen molar-refractivity contribution in [1.82, 2.24) is 15.5 Å². The fraction of sp³-hybridized carbons (Fsp3) is 0.609. The molecule has 0 unspecified atom stereocenters. The van der Waals surface area contributed by atoms with Gasteiger partial charge in [-0.1, -0.05) is 25.5 Å². The Morgan fingerprint density at radius 3 is 2.57 bits per heavy atom. The molecule has 2 bridgehead atoms. The molecule has 1 aliphatic heterocycles. The van der Waals surface area contributed by atoms with E-state index in [1.807, 2.05) is 13.8 Å². The molecular formula is C23H31N3O4. The SMILES string of the molecule is CC[C@]1(c2ccc(OC)cc2)NC(=O)N(CC(=O)N[C@H](C)[C@H]2C[C@H]3CC[C@H]2C3)C1=O. The number of methoxy groups -OCH3 is 1. The molecule has 2 saturated carbocycles. The highest BCUT2D eigenvalue weighted by Gasteiger charge is 2.52. The van der Waals surface area contributed by atoms with E-state index in [1.165, 1.54) is 25.7 Å². The second kappa shape index (κ2) is 7.93. The summed E-state index contributed by atoms with van der Waals surface area (Å²) in [6.07, 6.45) is 5.41. The summed E-state index contributed by atoms with van der Waals surface area (Å²) in [7, 11) is 1.57. The zero-order chi connectivity index (χ0) is 21.5. The molecule has 162 valence electrons. The van der Waals surface area contributed by atoms with E-state index in [2.05, 4.69) is 10.6 Å². The van der Waals surface area contributed by atoms with E-state index >= 15 is 0 Å². The maximum atomic E-state index is 13.2. The summed E-state index contributed by atoms with van der Waals surface area (Å²) in [5, 5.41) is 5.87. The fourth-order valence-corrected chi connectivity index (χ4v) is 5.74. The summed E-state index contributed by atoms with van der Waals surface area (Å²) in [5.74, 6) is 2.01. The van der Waals surface area contributed by atoms with Crippen LogP contribution in [-0.2, 0) is 15.1 Å². The normalized spacial score (nSPS) is 31.0. The van der Waals surface area contributed by atoms with Crippen LogP contribution in [0.5, 0.6) is 5.75 Å². The number of amides is 4. The lowest BCUT2D eigenvalue weighted by Crippen LogP contribution is -2.47. The third-order valence-corrected chi connectivity index (χ3v) is 7.41. The van der Waals surface area contributed by atoms with Crippen molar-refractivity contribution >= 4 is 17.8 Å². The molecule has 0 spiro atoms. The minimum atomic E-state index is -1.15. The first-order chi connectivity index (χ1) is 14.4. The van der Waals surface area contributed by atoms with Gasteiger partial charge in [0.15, 0.2) is 0 Å². The minimum absolute atomic E-state index is 0.0612. The number of urea groups is 1. The van der Waals surface area contributed by atoms with Gasteiger partial charge in [-0.3, -0.25) is 14.5 Å². The molecule has 7 heteroatoms. The van der Waals surface area contributed by atoms with Gasteiger partial charge >= 0.3 is 6.03 Å². The average Bonchev–Trinajstić information content (AvgIpc) is 3.44. The van der Waals surface area contributed by atoms with Crippen molar-refractivity contribution in [3.8, 4) is 5.75 Å². The Kier molecular flexibility index (Phi) is 5.47. The molecule has 1 aromatic rings. The number of carbonyl (C=O) groups excluding carboxylic acids is 3. The van der Waals surface area contributed by atoms with Crippen LogP contribution in [0, 0.1) is 17.8 Å². The summed E-state index contributed by atoms with van der Waals surface area (Å²) in [4.78, 5) is 39.6. The van der Waals surface area contributed by atoms with Gasteiger partial charge in [-0.25, -0.2) is 4.79 Å². The molecule has 1 heterocycles. The van der Waals surface area contributed by atoms with Crippen LogP contribution in [0.1, 0.15) is 51.5 Å². The summed E-state index contributed by atoms with van der Waals surface area (Å²) >= 11 is 0. The predicted molar refractivity (Wildman–Crippen MR) is 112 cm³/mol. The molecule has 2 N–H and O–H groups in total. The Labute approximate surface area is 177 Å². The molecule has 1 saturated heterocycles. The van der Waals surface area contributed by atoms with Gasteiger partial charge in [0.1, 0.15) is 17.8 Å². The molecule has 0 aromatic heterocycles. The van der Waals surface area contributed by atoms with Gasteiger partial charge in [0.2, 0.25) is 5.91 Å². The Morgan fingerprint density at radius 2 is 2.00 bits per heavy atom. The summed E-state index contributed by atoms with van der Waals surface area (Å²) in [6, 6.07) is 6.62. The number of imide groups is 1. The number of nitrogens with zero attached hydrogens (tertiary/aromatic N) is 1. The van der Waals surface area contributed by atoms with Crippen molar-refractivity contribution in [2.45, 2.75) is 57.5 Å². The highest BCUT2D eigenvalue weighted by Crippen LogP contribution is 2.49. The quantitative estimate of drug-likeness (QED) is 0.673. The van der Waals surface area contributed by atoms with Crippen molar-refractivity contribution in [1.29, 1.82) is 0 Å². The molecule has 1 aromatic carbocycles. The van der Waals surface area contributed by atoms with Crippen molar-refractivity contribution in [2.75, 3.05) is 13.7 Å². The Balaban J connectivity index is 1.43. The second-order valence-electron chi connectivity index (χ2n) is 9.00. The number of fused-ring (bicyclic) bond motifs is 2. The van der Waals surface area contributed by atoms with Crippen LogP contribution in [0.15, 0.2) is 24.3 Å². The van der Waals surface area contributed by atoms with Crippen LogP contribution >= 0.6 is 0 Å². The monoisotopic (exact) mass is 413 g/mol. The van der Waals surface area contributed by atoms with Crippen molar-refractivity contribution in [2.24, 2.45) is 17.8 Å². The van der Waals surface area contributed by atoms with Crippen LogP contribution < -0.4 is 15.4 Å². The van der Waals surface area contributed by atoms with E-state index in [4.69, 9.17) is 4.74 Å². The van der Waals surface area contributed by atoms with Crippen molar-refractivity contribution in [3.63, 3.8) is 0 Å². The molecular weight excluding hydrogens is 382 g/mol. The molecule has 30 heavy (non-hydrogen) atoms. The molecule has 3 fully saturated rings. The molecule has 7 nitrogen and oxygen atoms in total. The highest BCUT2D eigenvalue weighted by atomic mass is 16.5. The topological polar surface area (TPSA) is 87.7 Å².